The number of hydrogen-bond acceptors (Lipinski definition) is 5. The van der Waals surface area contributed by atoms with Gasteiger partial charge in [0.2, 0.25) is 5.95 Å². The van der Waals surface area contributed by atoms with Crippen molar-refractivity contribution in [2.75, 3.05) is 29.6 Å². The predicted molar refractivity (Wildman–Crippen MR) is 96.8 cm³/mol. The number of hydrogen-bond donors (Lipinski definition) is 2. The summed E-state index contributed by atoms with van der Waals surface area (Å²) in [5.74, 6) is 1.05. The minimum Gasteiger partial charge on any atom is -0.347 e. The molecule has 25 heavy (non-hydrogen) atoms. The molecule has 8 nitrogen and oxygen atoms in total. The largest absolute Gasteiger partial charge is 0.347 e. The van der Waals surface area contributed by atoms with Crippen LogP contribution in [0.5, 0.6) is 0 Å². The predicted octanol–water partition coefficient (Wildman–Crippen LogP) is 2.43. The maximum Gasteiger partial charge on any atom is 0.324 e. The van der Waals surface area contributed by atoms with Gasteiger partial charge in [-0.05, 0) is 5.56 Å². The van der Waals surface area contributed by atoms with Crippen molar-refractivity contribution < 1.29 is 4.79 Å². The number of nitrogens with one attached hydrogen (secondary N) is 2. The van der Waals surface area contributed by atoms with E-state index in [2.05, 4.69) is 25.7 Å². The van der Waals surface area contributed by atoms with E-state index in [9.17, 15) is 4.79 Å². The molecule has 2 heterocycles. The summed E-state index contributed by atoms with van der Waals surface area (Å²) in [5, 5.41) is 9.69. The minimum absolute atomic E-state index is 0.397. The Bertz CT molecular complexity index is 828. The van der Waals surface area contributed by atoms with E-state index in [-0.39, 0.29) is 0 Å². The topological polar surface area (TPSA) is 88.0 Å². The van der Waals surface area contributed by atoms with E-state index < -0.39 is 6.03 Å². The summed E-state index contributed by atoms with van der Waals surface area (Å²) in [6.45, 7) is 0.643. The van der Waals surface area contributed by atoms with Crippen LogP contribution in [-0.4, -0.2) is 39.9 Å². The van der Waals surface area contributed by atoms with Gasteiger partial charge in [-0.3, -0.25) is 10.00 Å². The number of aromatic nitrogens is 4. The summed E-state index contributed by atoms with van der Waals surface area (Å²) in [4.78, 5) is 22.1. The van der Waals surface area contributed by atoms with Crippen molar-refractivity contribution in [2.24, 2.45) is 0 Å². The molecular weight excluding hydrogens is 318 g/mol. The summed E-state index contributed by atoms with van der Waals surface area (Å²) >= 11 is 0. The van der Waals surface area contributed by atoms with Gasteiger partial charge in [-0.1, -0.05) is 30.3 Å². The summed E-state index contributed by atoms with van der Waals surface area (Å²) in [7, 11) is 3.70. The molecule has 0 radical (unpaired) electrons. The van der Waals surface area contributed by atoms with Gasteiger partial charge in [-0.15, -0.1) is 0 Å². The lowest BCUT2D eigenvalue weighted by atomic mass is 10.2. The molecule has 3 rings (SSSR count). The molecule has 1 aromatic carbocycles. The molecule has 3 aromatic rings. The normalized spacial score (nSPS) is 10.3. The van der Waals surface area contributed by atoms with Crippen molar-refractivity contribution in [3.05, 3.63) is 60.6 Å². The van der Waals surface area contributed by atoms with Crippen LogP contribution in [0.2, 0.25) is 0 Å². The van der Waals surface area contributed by atoms with Gasteiger partial charge in [-0.2, -0.15) is 5.10 Å². The lowest BCUT2D eigenvalue weighted by Crippen LogP contribution is -2.20. The molecule has 0 spiro atoms. The third kappa shape index (κ3) is 4.54. The first-order valence-electron chi connectivity index (χ1n) is 7.75. The fraction of sp³-hybridized carbons (Fsp3) is 0.176. The molecule has 0 saturated heterocycles. The van der Waals surface area contributed by atoms with Gasteiger partial charge in [0.1, 0.15) is 0 Å². The Kier molecular flexibility index (Phi) is 4.89. The molecule has 8 heteroatoms. The van der Waals surface area contributed by atoms with Gasteiger partial charge in [-0.25, -0.2) is 14.8 Å². The van der Waals surface area contributed by atoms with Crippen LogP contribution in [0.3, 0.4) is 0 Å². The first-order valence-corrected chi connectivity index (χ1v) is 7.75. The molecular formula is C17H19N7O. The van der Waals surface area contributed by atoms with Gasteiger partial charge >= 0.3 is 6.03 Å². The number of amides is 2. The first kappa shape index (κ1) is 16.4. The Hall–Kier alpha value is -3.42. The Morgan fingerprint density at radius 3 is 2.48 bits per heavy atom. The van der Waals surface area contributed by atoms with Crippen LogP contribution in [0.1, 0.15) is 5.56 Å². The molecule has 2 aromatic heterocycles. The molecule has 0 atom stereocenters. The van der Waals surface area contributed by atoms with Crippen LogP contribution in [0.4, 0.5) is 22.2 Å². The van der Waals surface area contributed by atoms with Crippen LogP contribution in [0.25, 0.3) is 0 Å². The van der Waals surface area contributed by atoms with E-state index >= 15 is 0 Å². The van der Waals surface area contributed by atoms with E-state index in [1.165, 1.54) is 0 Å². The average molecular weight is 337 g/mol. The Balaban J connectivity index is 1.56. The van der Waals surface area contributed by atoms with Crippen molar-refractivity contribution in [3.63, 3.8) is 0 Å². The van der Waals surface area contributed by atoms with E-state index in [0.29, 0.717) is 24.0 Å². The number of nitrogens with zero attached hydrogens (tertiary/aromatic N) is 5. The highest BCUT2D eigenvalue weighted by Crippen LogP contribution is 2.10. The van der Waals surface area contributed by atoms with Crippen molar-refractivity contribution >= 4 is 23.5 Å². The Labute approximate surface area is 145 Å². The molecule has 0 aliphatic rings. The molecule has 128 valence electrons. The van der Waals surface area contributed by atoms with E-state index in [1.54, 1.807) is 28.0 Å². The monoisotopic (exact) mass is 337 g/mol. The lowest BCUT2D eigenvalue weighted by molar-refractivity contribution is 0.262. The molecule has 0 aliphatic heterocycles. The third-order valence-electron chi connectivity index (χ3n) is 3.37. The maximum absolute atomic E-state index is 12.0. The number of rotatable bonds is 5. The van der Waals surface area contributed by atoms with Gasteiger partial charge in [0.05, 0.1) is 24.6 Å². The molecule has 0 unspecified atom stereocenters. The number of urea groups is 1. The van der Waals surface area contributed by atoms with E-state index in [0.717, 1.165) is 5.56 Å². The van der Waals surface area contributed by atoms with Gasteiger partial charge in [0.15, 0.2) is 5.82 Å². The van der Waals surface area contributed by atoms with Gasteiger partial charge < -0.3 is 10.2 Å². The van der Waals surface area contributed by atoms with Crippen molar-refractivity contribution in [1.82, 2.24) is 19.7 Å². The van der Waals surface area contributed by atoms with Crippen molar-refractivity contribution in [2.45, 2.75) is 6.54 Å². The standard InChI is InChI=1S/C17H19N7O/c1-23(2)16-18-10-14(11-19-16)20-17(25)21-15-8-9-24(22-15)12-13-6-4-3-5-7-13/h3-11H,12H2,1-2H3,(H2,20,21,22,25). The van der Waals surface area contributed by atoms with Crippen LogP contribution in [0.15, 0.2) is 55.0 Å². The number of carbonyl (C=O) groups excluding carboxylic acids is 1. The van der Waals surface area contributed by atoms with Gasteiger partial charge in [0.25, 0.3) is 0 Å². The van der Waals surface area contributed by atoms with Gasteiger partial charge in [0, 0.05) is 26.4 Å². The SMILES string of the molecule is CN(C)c1ncc(NC(=O)Nc2ccn(Cc3ccccc3)n2)cn1. The lowest BCUT2D eigenvalue weighted by Gasteiger charge is -2.10. The van der Waals surface area contributed by atoms with E-state index in [4.69, 9.17) is 0 Å². The smallest absolute Gasteiger partial charge is 0.324 e. The highest BCUT2D eigenvalue weighted by atomic mass is 16.2. The fourth-order valence-electron chi connectivity index (χ4n) is 2.18. The zero-order valence-corrected chi connectivity index (χ0v) is 14.0. The quantitative estimate of drug-likeness (QED) is 0.746. The second kappa shape index (κ2) is 7.43. The minimum atomic E-state index is -0.397. The van der Waals surface area contributed by atoms with Crippen LogP contribution in [-0.2, 0) is 6.54 Å². The number of benzene rings is 1. The molecule has 2 N–H and O–H groups in total. The third-order valence-corrected chi connectivity index (χ3v) is 3.37. The fourth-order valence-corrected chi connectivity index (χ4v) is 2.18. The molecule has 0 aliphatic carbocycles. The highest BCUT2D eigenvalue weighted by molar-refractivity contribution is 5.98. The van der Waals surface area contributed by atoms with Crippen LogP contribution >= 0.6 is 0 Å². The zero-order chi connectivity index (χ0) is 17.6. The van der Waals surface area contributed by atoms with Crippen molar-refractivity contribution in [1.29, 1.82) is 0 Å². The summed E-state index contributed by atoms with van der Waals surface area (Å²) in [6, 6.07) is 11.3. The van der Waals surface area contributed by atoms with Crippen molar-refractivity contribution in [3.8, 4) is 0 Å². The van der Waals surface area contributed by atoms with Crippen LogP contribution < -0.4 is 15.5 Å². The number of anilines is 3. The second-order valence-electron chi connectivity index (χ2n) is 5.63. The second-order valence-corrected chi connectivity index (χ2v) is 5.63. The molecule has 0 saturated carbocycles. The molecule has 0 bridgehead atoms. The summed E-state index contributed by atoms with van der Waals surface area (Å²) in [5.41, 5.74) is 1.64. The van der Waals surface area contributed by atoms with Crippen LogP contribution in [0, 0.1) is 0 Å². The number of carbonyl (C=O) groups is 1. The average Bonchev–Trinajstić information content (AvgIpc) is 3.03. The first-order chi connectivity index (χ1) is 12.1. The molecule has 0 fully saturated rings. The Morgan fingerprint density at radius 1 is 1.08 bits per heavy atom. The van der Waals surface area contributed by atoms with E-state index in [1.807, 2.05) is 50.6 Å². The zero-order valence-electron chi connectivity index (χ0n) is 14.0. The molecule has 2 amide bonds. The summed E-state index contributed by atoms with van der Waals surface area (Å²) in [6.07, 6.45) is 4.92. The summed E-state index contributed by atoms with van der Waals surface area (Å²) < 4.78 is 1.76. The highest BCUT2D eigenvalue weighted by Gasteiger charge is 2.07. The Morgan fingerprint density at radius 2 is 1.80 bits per heavy atom. The maximum atomic E-state index is 12.0.